The minimum absolute atomic E-state index is 0.0990. The maximum Gasteiger partial charge on any atom is 0.240 e. The largest absolute Gasteiger partial charge is 0.486 e. The molecular weight excluding hydrogens is 290 g/mol. The van der Waals surface area contributed by atoms with Crippen molar-refractivity contribution in [2.75, 3.05) is 13.2 Å². The van der Waals surface area contributed by atoms with Crippen LogP contribution in [0.3, 0.4) is 0 Å². The van der Waals surface area contributed by atoms with Gasteiger partial charge in [0, 0.05) is 12.1 Å². The fraction of sp³-hybridized carbons (Fsp3) is 0.600. The van der Waals surface area contributed by atoms with Crippen molar-refractivity contribution in [3.05, 3.63) is 18.2 Å². The quantitative estimate of drug-likeness (QED) is 0.926. The summed E-state index contributed by atoms with van der Waals surface area (Å²) < 4.78 is 38.9. The molecule has 0 aromatic heterocycles. The molecule has 3 aliphatic rings. The molecule has 21 heavy (non-hydrogen) atoms. The first kappa shape index (κ1) is 13.4. The van der Waals surface area contributed by atoms with Crippen LogP contribution in [0.4, 0.5) is 0 Å². The van der Waals surface area contributed by atoms with Gasteiger partial charge >= 0.3 is 0 Å². The highest BCUT2D eigenvalue weighted by Crippen LogP contribution is 2.45. The molecule has 0 spiro atoms. The van der Waals surface area contributed by atoms with E-state index in [1.165, 1.54) is 12.8 Å². The van der Waals surface area contributed by atoms with Gasteiger partial charge in [-0.15, -0.1) is 0 Å². The molecule has 2 saturated carbocycles. The van der Waals surface area contributed by atoms with E-state index in [0.29, 0.717) is 36.5 Å². The number of hydrogen-bond acceptors (Lipinski definition) is 4. The number of benzene rings is 1. The van der Waals surface area contributed by atoms with Crippen molar-refractivity contribution in [1.29, 1.82) is 0 Å². The lowest BCUT2D eigenvalue weighted by Crippen LogP contribution is -2.38. The summed E-state index contributed by atoms with van der Waals surface area (Å²) in [6.07, 6.45) is 4.56. The van der Waals surface area contributed by atoms with E-state index in [-0.39, 0.29) is 10.9 Å². The van der Waals surface area contributed by atoms with Crippen LogP contribution < -0.4 is 14.2 Å². The zero-order valence-corrected chi connectivity index (χ0v) is 12.6. The zero-order valence-electron chi connectivity index (χ0n) is 11.7. The average Bonchev–Trinajstić information content (AvgIpc) is 3.09. The van der Waals surface area contributed by atoms with Gasteiger partial charge in [-0.1, -0.05) is 6.42 Å². The lowest BCUT2D eigenvalue weighted by molar-refractivity contribution is 0.171. The maximum absolute atomic E-state index is 12.5. The molecule has 1 aromatic rings. The summed E-state index contributed by atoms with van der Waals surface area (Å²) in [4.78, 5) is 0.259. The normalized spacial score (nSPS) is 30.6. The number of ether oxygens (including phenoxy) is 2. The highest BCUT2D eigenvalue weighted by atomic mass is 32.2. The van der Waals surface area contributed by atoms with Crippen molar-refractivity contribution in [2.24, 2.45) is 11.8 Å². The third-order valence-corrected chi connectivity index (χ3v) is 6.36. The molecule has 6 heteroatoms. The number of sulfonamides is 1. The molecule has 3 atom stereocenters. The number of rotatable bonds is 3. The Labute approximate surface area is 124 Å². The predicted molar refractivity (Wildman–Crippen MR) is 77.0 cm³/mol. The van der Waals surface area contributed by atoms with Gasteiger partial charge in [-0.25, -0.2) is 13.1 Å². The van der Waals surface area contributed by atoms with E-state index in [0.717, 1.165) is 12.8 Å². The Morgan fingerprint density at radius 1 is 1.05 bits per heavy atom. The Morgan fingerprint density at radius 3 is 2.57 bits per heavy atom. The molecule has 1 aliphatic heterocycles. The Kier molecular flexibility index (Phi) is 3.11. The molecule has 0 radical (unpaired) electrons. The third kappa shape index (κ3) is 2.40. The highest BCUT2D eigenvalue weighted by molar-refractivity contribution is 7.89. The van der Waals surface area contributed by atoms with Crippen LogP contribution in [0, 0.1) is 11.8 Å². The number of hydrogen-bond donors (Lipinski definition) is 1. The van der Waals surface area contributed by atoms with Crippen molar-refractivity contribution in [1.82, 2.24) is 4.72 Å². The van der Waals surface area contributed by atoms with E-state index in [9.17, 15) is 8.42 Å². The van der Waals surface area contributed by atoms with Crippen LogP contribution in [0.2, 0.25) is 0 Å². The van der Waals surface area contributed by atoms with Gasteiger partial charge in [-0.2, -0.15) is 0 Å². The van der Waals surface area contributed by atoms with Gasteiger partial charge in [0.25, 0.3) is 0 Å². The summed E-state index contributed by atoms with van der Waals surface area (Å²) in [5.41, 5.74) is 0. The van der Waals surface area contributed by atoms with E-state index in [2.05, 4.69) is 4.72 Å². The second-order valence-corrected chi connectivity index (χ2v) is 7.92. The minimum Gasteiger partial charge on any atom is -0.486 e. The molecule has 2 bridgehead atoms. The highest BCUT2D eigenvalue weighted by Gasteiger charge is 2.41. The molecular formula is C15H19NO4S. The Hall–Kier alpha value is -1.27. The van der Waals surface area contributed by atoms with Crippen LogP contribution in [0.1, 0.15) is 25.7 Å². The SMILES string of the molecule is O=S(=O)(N[C@H]1C[C@@H]2CC[C@@H]1C2)c1ccc2c(c1)OCCO2. The summed E-state index contributed by atoms with van der Waals surface area (Å²) in [5, 5.41) is 0. The van der Waals surface area contributed by atoms with Gasteiger partial charge < -0.3 is 9.47 Å². The molecule has 5 nitrogen and oxygen atoms in total. The molecule has 0 amide bonds. The van der Waals surface area contributed by atoms with Crippen LogP contribution in [0.25, 0.3) is 0 Å². The summed E-state index contributed by atoms with van der Waals surface area (Å²) in [7, 11) is -3.49. The number of fused-ring (bicyclic) bond motifs is 3. The van der Waals surface area contributed by atoms with Crippen molar-refractivity contribution in [2.45, 2.75) is 36.6 Å². The molecule has 2 aliphatic carbocycles. The average molecular weight is 309 g/mol. The second-order valence-electron chi connectivity index (χ2n) is 6.21. The Bertz CT molecular complexity index is 658. The van der Waals surface area contributed by atoms with E-state index < -0.39 is 10.0 Å². The first-order chi connectivity index (χ1) is 10.1. The van der Waals surface area contributed by atoms with E-state index in [1.807, 2.05) is 0 Å². The van der Waals surface area contributed by atoms with Crippen molar-refractivity contribution < 1.29 is 17.9 Å². The fourth-order valence-electron chi connectivity index (χ4n) is 3.85. The molecule has 2 fully saturated rings. The minimum atomic E-state index is -3.49. The van der Waals surface area contributed by atoms with E-state index >= 15 is 0 Å². The van der Waals surface area contributed by atoms with E-state index in [1.54, 1.807) is 18.2 Å². The predicted octanol–water partition coefficient (Wildman–Crippen LogP) is 1.92. The first-order valence-electron chi connectivity index (χ1n) is 7.54. The standard InChI is InChI=1S/C15H19NO4S/c17-21(18,16-13-8-10-1-2-11(13)7-10)12-3-4-14-15(9-12)20-6-5-19-14/h3-4,9-11,13,16H,1-2,5-8H2/t10-,11-,13+/m1/s1. The molecule has 0 unspecified atom stereocenters. The van der Waals surface area contributed by atoms with Crippen LogP contribution >= 0.6 is 0 Å². The maximum atomic E-state index is 12.5. The van der Waals surface area contributed by atoms with Gasteiger partial charge in [0.1, 0.15) is 13.2 Å². The first-order valence-corrected chi connectivity index (χ1v) is 9.02. The van der Waals surface area contributed by atoms with Crippen LogP contribution in [0.15, 0.2) is 23.1 Å². The van der Waals surface area contributed by atoms with Crippen LogP contribution in [0.5, 0.6) is 11.5 Å². The Morgan fingerprint density at radius 2 is 1.86 bits per heavy atom. The lowest BCUT2D eigenvalue weighted by Gasteiger charge is -2.23. The smallest absolute Gasteiger partial charge is 0.240 e. The van der Waals surface area contributed by atoms with E-state index in [4.69, 9.17) is 9.47 Å². The zero-order chi connectivity index (χ0) is 14.4. The van der Waals surface area contributed by atoms with Crippen molar-refractivity contribution in [3.8, 4) is 11.5 Å². The van der Waals surface area contributed by atoms with Gasteiger partial charge in [0.15, 0.2) is 11.5 Å². The summed E-state index contributed by atoms with van der Waals surface area (Å²) >= 11 is 0. The summed E-state index contributed by atoms with van der Waals surface area (Å²) in [6, 6.07) is 4.92. The van der Waals surface area contributed by atoms with Gasteiger partial charge in [-0.3, -0.25) is 0 Å². The van der Waals surface area contributed by atoms with Gasteiger partial charge in [0.05, 0.1) is 4.90 Å². The fourth-order valence-corrected chi connectivity index (χ4v) is 5.18. The molecule has 1 heterocycles. The van der Waals surface area contributed by atoms with Crippen LogP contribution in [-0.2, 0) is 10.0 Å². The Balaban J connectivity index is 1.57. The second kappa shape index (κ2) is 4.88. The molecule has 114 valence electrons. The molecule has 4 rings (SSSR count). The monoisotopic (exact) mass is 309 g/mol. The van der Waals surface area contributed by atoms with Crippen molar-refractivity contribution >= 4 is 10.0 Å². The molecule has 1 aromatic carbocycles. The molecule has 1 N–H and O–H groups in total. The lowest BCUT2D eigenvalue weighted by atomic mass is 9.96. The third-order valence-electron chi connectivity index (χ3n) is 4.87. The molecule has 0 saturated heterocycles. The topological polar surface area (TPSA) is 64.6 Å². The van der Waals surface area contributed by atoms with Crippen LogP contribution in [-0.4, -0.2) is 27.7 Å². The summed E-state index contributed by atoms with van der Waals surface area (Å²) in [6.45, 7) is 0.957. The number of nitrogens with one attached hydrogen (secondary N) is 1. The van der Waals surface area contributed by atoms with Gasteiger partial charge in [0.2, 0.25) is 10.0 Å². The van der Waals surface area contributed by atoms with Crippen molar-refractivity contribution in [3.63, 3.8) is 0 Å². The summed E-state index contributed by atoms with van der Waals surface area (Å²) in [5.74, 6) is 2.35. The van der Waals surface area contributed by atoms with Gasteiger partial charge in [-0.05, 0) is 43.2 Å².